The van der Waals surface area contributed by atoms with Crippen LogP contribution < -0.4 is 10.8 Å². The lowest BCUT2D eigenvalue weighted by atomic mass is 9.92. The zero-order valence-corrected chi connectivity index (χ0v) is 29.3. The number of carbonyl (C=O) groups excluding carboxylic acids is 4. The summed E-state index contributed by atoms with van der Waals surface area (Å²) in [4.78, 5) is 61.4. The van der Waals surface area contributed by atoms with E-state index in [4.69, 9.17) is 14.3 Å². The normalized spacial score (nSPS) is 18.5. The zero-order valence-electron chi connectivity index (χ0n) is 29.3. The number of hydrogen-bond donors (Lipinski definition) is 2. The Morgan fingerprint density at radius 1 is 0.854 bits per heavy atom. The number of nitrogens with one attached hydrogen (secondary N) is 2. The minimum atomic E-state index is -1.18. The smallest absolute Gasteiger partial charge is 0.456 e. The molecule has 0 saturated carbocycles. The average molecular weight is 667 g/mol. The number of nitrogens with zero attached hydrogens (tertiary/aromatic N) is 1. The molecule has 3 rings (SSSR count). The summed E-state index contributed by atoms with van der Waals surface area (Å²) in [6.07, 6.45) is 7.96. The zero-order chi connectivity index (χ0) is 34.8. The number of ether oxygens (including phenoxy) is 2. The van der Waals surface area contributed by atoms with Gasteiger partial charge in [-0.25, -0.2) is 15.1 Å². The lowest BCUT2D eigenvalue weighted by Crippen LogP contribution is -2.74. The van der Waals surface area contributed by atoms with Crippen LogP contribution in [0.5, 0.6) is 0 Å². The van der Waals surface area contributed by atoms with Gasteiger partial charge in [-0.3, -0.25) is 9.63 Å². The Hall–Kier alpha value is -3.60. The second kappa shape index (κ2) is 20.0. The first-order valence-electron chi connectivity index (χ1n) is 17.6. The predicted octanol–water partition coefficient (Wildman–Crippen LogP) is 6.77. The molecule has 1 heterocycles. The Morgan fingerprint density at radius 2 is 1.44 bits per heavy atom. The van der Waals surface area contributed by atoms with Gasteiger partial charge in [-0.2, -0.15) is 4.79 Å². The minimum absolute atomic E-state index is 0.00109. The van der Waals surface area contributed by atoms with Crippen LogP contribution in [-0.4, -0.2) is 59.6 Å². The maximum absolute atomic E-state index is 14.8. The van der Waals surface area contributed by atoms with Gasteiger partial charge in [0.1, 0.15) is 18.8 Å². The second-order valence-corrected chi connectivity index (χ2v) is 13.7. The number of quaternary nitrogens is 1. The molecular formula is C38H56N3O7+. The van der Waals surface area contributed by atoms with Crippen LogP contribution in [0, 0.1) is 5.92 Å². The molecule has 0 aromatic heterocycles. The van der Waals surface area contributed by atoms with Crippen molar-refractivity contribution < 1.29 is 38.0 Å². The molecular weight excluding hydrogens is 610 g/mol. The fourth-order valence-corrected chi connectivity index (χ4v) is 6.01. The van der Waals surface area contributed by atoms with Crippen molar-refractivity contribution in [3.05, 3.63) is 71.8 Å². The number of unbranched alkanes of at least 4 members (excludes halogenated alkanes) is 7. The van der Waals surface area contributed by atoms with Crippen molar-refractivity contribution in [2.24, 2.45) is 5.92 Å². The van der Waals surface area contributed by atoms with E-state index in [9.17, 15) is 19.2 Å². The number of imide groups is 1. The molecule has 3 atom stereocenters. The van der Waals surface area contributed by atoms with E-state index in [0.29, 0.717) is 19.4 Å². The van der Waals surface area contributed by atoms with Crippen molar-refractivity contribution in [3.63, 3.8) is 0 Å². The van der Waals surface area contributed by atoms with Gasteiger partial charge in [-0.15, -0.1) is 4.48 Å². The Kier molecular flexibility index (Phi) is 16.2. The standard InChI is InChI=1S/C38H55N3O7/c1-5-6-7-8-9-10-11-18-23-32(26-34(42)40-47-29-31-21-16-13-17-22-31)35(43)41(37(45)48-38(2,3)4)25-24-39-27-33(41)36(44)46-28-30-19-14-12-15-20-30/h12-17,19-22,32-33,39H,5-11,18,23-29H2,1-4H3/p+1/t32-,33?,41-/m1/s1. The third-order valence-electron chi connectivity index (χ3n) is 8.57. The van der Waals surface area contributed by atoms with Crippen molar-refractivity contribution in [3.8, 4) is 0 Å². The Labute approximate surface area is 286 Å². The summed E-state index contributed by atoms with van der Waals surface area (Å²) in [5, 5.41) is 3.17. The number of benzene rings is 2. The van der Waals surface area contributed by atoms with Crippen molar-refractivity contribution >= 4 is 23.9 Å². The van der Waals surface area contributed by atoms with E-state index in [0.717, 1.165) is 30.4 Å². The number of hydrogen-bond acceptors (Lipinski definition) is 8. The van der Waals surface area contributed by atoms with Gasteiger partial charge >= 0.3 is 18.0 Å². The molecule has 0 aliphatic carbocycles. The molecule has 0 radical (unpaired) electrons. The molecule has 1 aliphatic rings. The van der Waals surface area contributed by atoms with Gasteiger partial charge in [0.15, 0.2) is 0 Å². The molecule has 2 N–H and O–H groups in total. The summed E-state index contributed by atoms with van der Waals surface area (Å²) in [6, 6.07) is 17.5. The highest BCUT2D eigenvalue weighted by Crippen LogP contribution is 2.30. The third-order valence-corrected chi connectivity index (χ3v) is 8.57. The van der Waals surface area contributed by atoms with Crippen LogP contribution in [0.2, 0.25) is 0 Å². The minimum Gasteiger partial charge on any atom is -0.456 e. The SMILES string of the molecule is CCCCCCCCCC[C@H](CC(=O)NOCc1ccccc1)C(=O)[N@@+]1(C(=O)OC(C)(C)C)CCNCC1C(=O)OCc1ccccc1. The molecule has 3 amide bonds. The predicted molar refractivity (Wildman–Crippen MR) is 184 cm³/mol. The topological polar surface area (TPSA) is 120 Å². The van der Waals surface area contributed by atoms with E-state index >= 15 is 0 Å². The van der Waals surface area contributed by atoms with Crippen molar-refractivity contribution in [2.45, 2.75) is 117 Å². The van der Waals surface area contributed by atoms with Crippen LogP contribution in [0.1, 0.15) is 103 Å². The summed E-state index contributed by atoms with van der Waals surface area (Å²) in [5.74, 6) is -2.50. The molecule has 2 aromatic carbocycles. The first kappa shape index (κ1) is 38.8. The van der Waals surface area contributed by atoms with Crippen LogP contribution in [0.25, 0.3) is 0 Å². The molecule has 1 aliphatic heterocycles. The highest BCUT2D eigenvalue weighted by Gasteiger charge is 2.60. The summed E-state index contributed by atoms with van der Waals surface area (Å²) >= 11 is 0. The number of amides is 3. The average Bonchev–Trinajstić information content (AvgIpc) is 3.07. The fourth-order valence-electron chi connectivity index (χ4n) is 6.01. The summed E-state index contributed by atoms with van der Waals surface area (Å²) < 4.78 is 10.7. The first-order chi connectivity index (χ1) is 23.1. The third kappa shape index (κ3) is 12.5. The monoisotopic (exact) mass is 666 g/mol. The number of esters is 1. The van der Waals surface area contributed by atoms with Crippen LogP contribution in [0.4, 0.5) is 4.79 Å². The van der Waals surface area contributed by atoms with Gasteiger partial charge < -0.3 is 14.8 Å². The van der Waals surface area contributed by atoms with Crippen LogP contribution in [-0.2, 0) is 41.9 Å². The Bertz CT molecular complexity index is 1280. The molecule has 48 heavy (non-hydrogen) atoms. The van der Waals surface area contributed by atoms with Crippen molar-refractivity contribution in [1.82, 2.24) is 10.8 Å². The number of hydroxylamine groups is 1. The molecule has 0 bridgehead atoms. The molecule has 264 valence electrons. The van der Waals surface area contributed by atoms with Gasteiger partial charge in [0.05, 0.1) is 19.1 Å². The van der Waals surface area contributed by atoms with Gasteiger partial charge in [-0.05, 0) is 38.3 Å². The molecule has 10 heteroatoms. The number of carbonyl (C=O) groups is 4. The maximum Gasteiger partial charge on any atom is 0.524 e. The summed E-state index contributed by atoms with van der Waals surface area (Å²) in [6.45, 7) is 7.91. The van der Waals surface area contributed by atoms with Gasteiger partial charge in [0.25, 0.3) is 0 Å². The molecule has 1 saturated heterocycles. The van der Waals surface area contributed by atoms with E-state index in [-0.39, 0.29) is 32.7 Å². The molecule has 2 aromatic rings. The van der Waals surface area contributed by atoms with E-state index < -0.39 is 45.9 Å². The lowest BCUT2D eigenvalue weighted by molar-refractivity contribution is -0.806. The largest absolute Gasteiger partial charge is 0.524 e. The molecule has 1 fully saturated rings. The van der Waals surface area contributed by atoms with Crippen LogP contribution in [0.15, 0.2) is 60.7 Å². The maximum atomic E-state index is 14.8. The molecule has 0 spiro atoms. The fraction of sp³-hybridized carbons (Fsp3) is 0.579. The number of rotatable bonds is 18. The molecule has 1 unspecified atom stereocenters. The van der Waals surface area contributed by atoms with E-state index in [1.54, 1.807) is 20.8 Å². The van der Waals surface area contributed by atoms with Crippen LogP contribution >= 0.6 is 0 Å². The van der Waals surface area contributed by atoms with E-state index in [2.05, 4.69) is 17.7 Å². The Morgan fingerprint density at radius 3 is 2.04 bits per heavy atom. The highest BCUT2D eigenvalue weighted by atomic mass is 16.6. The summed E-state index contributed by atoms with van der Waals surface area (Å²) in [7, 11) is 0. The van der Waals surface area contributed by atoms with Gasteiger partial charge in [0, 0.05) is 13.0 Å². The van der Waals surface area contributed by atoms with Crippen molar-refractivity contribution in [2.75, 3.05) is 19.6 Å². The number of piperazine rings is 1. The first-order valence-corrected chi connectivity index (χ1v) is 17.6. The molecule has 10 nitrogen and oxygen atoms in total. The van der Waals surface area contributed by atoms with Gasteiger partial charge in [-0.1, -0.05) is 119 Å². The highest BCUT2D eigenvalue weighted by molar-refractivity contribution is 5.90. The van der Waals surface area contributed by atoms with Crippen molar-refractivity contribution in [1.29, 1.82) is 0 Å². The van der Waals surface area contributed by atoms with E-state index in [1.807, 2.05) is 60.7 Å². The van der Waals surface area contributed by atoms with Gasteiger partial charge in [0.2, 0.25) is 11.9 Å². The Balaban J connectivity index is 1.84. The van der Waals surface area contributed by atoms with Crippen LogP contribution in [0.3, 0.4) is 0 Å². The lowest BCUT2D eigenvalue weighted by Gasteiger charge is -2.42. The van der Waals surface area contributed by atoms with E-state index in [1.165, 1.54) is 25.7 Å². The quantitative estimate of drug-likeness (QED) is 0.0775. The summed E-state index contributed by atoms with van der Waals surface area (Å²) in [5.41, 5.74) is 3.24. The second-order valence-electron chi connectivity index (χ2n) is 13.7.